The van der Waals surface area contributed by atoms with Crippen LogP contribution in [-0.4, -0.2) is 87.3 Å². The van der Waals surface area contributed by atoms with Gasteiger partial charge in [-0.1, -0.05) is 69.0 Å². The highest BCUT2D eigenvalue weighted by Crippen LogP contribution is 2.45. The average molecular weight is 667 g/mol. The van der Waals surface area contributed by atoms with Crippen molar-refractivity contribution in [2.75, 3.05) is 13.1 Å². The molecule has 1 saturated carbocycles. The molecule has 12 heteroatoms. The van der Waals surface area contributed by atoms with E-state index in [2.05, 4.69) is 16.7 Å². The van der Waals surface area contributed by atoms with Crippen LogP contribution in [0.3, 0.4) is 0 Å². The lowest BCUT2D eigenvalue weighted by Gasteiger charge is -2.33. The lowest BCUT2D eigenvalue weighted by molar-refractivity contribution is -0.145. The number of ether oxygens (including phenoxy) is 2. The zero-order valence-corrected chi connectivity index (χ0v) is 28.5. The molecule has 3 heterocycles. The lowest BCUT2D eigenvalue weighted by Crippen LogP contribution is -2.56. The second-order valence-electron chi connectivity index (χ2n) is 14.8. The van der Waals surface area contributed by atoms with Crippen LogP contribution in [-0.2, 0) is 30.4 Å². The van der Waals surface area contributed by atoms with Crippen molar-refractivity contribution in [1.82, 2.24) is 20.4 Å². The highest BCUT2D eigenvalue weighted by molar-refractivity contribution is 5.96. The van der Waals surface area contributed by atoms with E-state index in [0.717, 1.165) is 37.7 Å². The number of alkyl carbamates (subject to hydrolysis) is 1. The predicted molar refractivity (Wildman–Crippen MR) is 177 cm³/mol. The number of rotatable bonds is 3. The zero-order valence-electron chi connectivity index (χ0n) is 28.5. The molecule has 2 fully saturated rings. The van der Waals surface area contributed by atoms with E-state index in [9.17, 15) is 29.1 Å². The SMILES string of the molecule is CC1CN(C(=O)O[C@@H]2C[C@H]3C(=O)N[C@]4(C(=O)O)C[C@H]4C=CCCCCCCC[C@H](NC(=O)OC(C)(C)C)C(=O)N3C2)Cc2ccccc21. The maximum atomic E-state index is 14.2. The number of allylic oxidation sites excluding steroid dienone is 1. The first-order valence-corrected chi connectivity index (χ1v) is 17.3. The first-order valence-electron chi connectivity index (χ1n) is 17.3. The quantitative estimate of drug-likeness (QED) is 0.387. The Bertz CT molecular complexity index is 1420. The lowest BCUT2D eigenvalue weighted by atomic mass is 9.91. The summed E-state index contributed by atoms with van der Waals surface area (Å²) < 4.78 is 11.4. The Morgan fingerprint density at radius 1 is 1.04 bits per heavy atom. The third-order valence-corrected chi connectivity index (χ3v) is 9.78. The van der Waals surface area contributed by atoms with E-state index in [1.54, 1.807) is 25.7 Å². The van der Waals surface area contributed by atoms with Gasteiger partial charge in [-0.2, -0.15) is 0 Å². The van der Waals surface area contributed by atoms with Gasteiger partial charge in [0.05, 0.1) is 6.54 Å². The Kier molecular flexibility index (Phi) is 10.7. The van der Waals surface area contributed by atoms with Crippen LogP contribution >= 0.6 is 0 Å². The van der Waals surface area contributed by atoms with Crippen LogP contribution in [0.2, 0.25) is 0 Å². The molecule has 4 amide bonds. The number of amides is 4. The summed E-state index contributed by atoms with van der Waals surface area (Å²) >= 11 is 0. The third kappa shape index (κ3) is 8.30. The number of carboxylic acids is 1. The van der Waals surface area contributed by atoms with Gasteiger partial charge in [-0.3, -0.25) is 9.59 Å². The standard InChI is InChI=1S/C36H50N4O8/c1-23-20-39(21-24-14-12-13-16-27(23)24)34(46)47-26-18-29-30(41)38-36(32(43)44)19-25(36)15-10-8-6-5-7-9-11-17-28(31(42)40(29)22-26)37-33(45)48-35(2,3)4/h10,12-16,23,25-26,28-29H,5-9,11,17-22H2,1-4H3,(H,37,45)(H,38,41)(H,43,44)/t23?,25-,26-,28+,29+,36-/m1/s1. The van der Waals surface area contributed by atoms with Crippen molar-refractivity contribution in [2.24, 2.45) is 5.92 Å². The fraction of sp³-hybridized carbons (Fsp3) is 0.639. The van der Waals surface area contributed by atoms with Gasteiger partial charge >= 0.3 is 18.2 Å². The van der Waals surface area contributed by atoms with Crippen LogP contribution in [0.25, 0.3) is 0 Å². The summed E-state index contributed by atoms with van der Waals surface area (Å²) in [6.45, 7) is 8.03. The van der Waals surface area contributed by atoms with E-state index < -0.39 is 59.3 Å². The number of nitrogens with zero attached hydrogens (tertiary/aromatic N) is 2. The molecule has 1 aliphatic carbocycles. The van der Waals surface area contributed by atoms with Crippen molar-refractivity contribution >= 4 is 30.0 Å². The molecule has 4 aliphatic rings. The first-order chi connectivity index (χ1) is 22.8. The van der Waals surface area contributed by atoms with Gasteiger partial charge in [0, 0.05) is 25.4 Å². The van der Waals surface area contributed by atoms with Gasteiger partial charge in [-0.15, -0.1) is 0 Å². The normalized spacial score (nSPS) is 29.8. The molecule has 5 rings (SSSR count). The van der Waals surface area contributed by atoms with Crippen LogP contribution in [0.1, 0.15) is 103 Å². The second kappa shape index (κ2) is 14.6. The van der Waals surface area contributed by atoms with Crippen molar-refractivity contribution in [2.45, 2.75) is 127 Å². The molecule has 3 aliphatic heterocycles. The summed E-state index contributed by atoms with van der Waals surface area (Å²) in [6.07, 6.45) is 7.57. The molecule has 3 N–H and O–H groups in total. The minimum atomic E-state index is -1.46. The Balaban J connectivity index is 1.38. The van der Waals surface area contributed by atoms with Gasteiger partial charge in [0.1, 0.15) is 29.3 Å². The number of carbonyl (C=O) groups excluding carboxylic acids is 4. The van der Waals surface area contributed by atoms with E-state index in [-0.39, 0.29) is 31.2 Å². The van der Waals surface area contributed by atoms with Crippen molar-refractivity contribution < 1.29 is 38.6 Å². The van der Waals surface area contributed by atoms with Crippen LogP contribution < -0.4 is 10.6 Å². The zero-order chi connectivity index (χ0) is 34.6. The van der Waals surface area contributed by atoms with Crippen molar-refractivity contribution in [3.63, 3.8) is 0 Å². The monoisotopic (exact) mass is 666 g/mol. The molecular formula is C36H50N4O8. The summed E-state index contributed by atoms with van der Waals surface area (Å²) in [5, 5.41) is 15.6. The molecule has 0 spiro atoms. The summed E-state index contributed by atoms with van der Waals surface area (Å²) in [6, 6.07) is 5.88. The number of hydrogen-bond donors (Lipinski definition) is 3. The van der Waals surface area contributed by atoms with Crippen molar-refractivity contribution in [3.05, 3.63) is 47.5 Å². The van der Waals surface area contributed by atoms with Gasteiger partial charge in [-0.25, -0.2) is 14.4 Å². The van der Waals surface area contributed by atoms with Crippen LogP contribution in [0, 0.1) is 5.92 Å². The molecular weight excluding hydrogens is 616 g/mol. The molecule has 0 radical (unpaired) electrons. The molecule has 1 saturated heterocycles. The minimum absolute atomic E-state index is 0.00133. The van der Waals surface area contributed by atoms with E-state index in [1.165, 1.54) is 10.5 Å². The van der Waals surface area contributed by atoms with E-state index in [1.807, 2.05) is 37.3 Å². The van der Waals surface area contributed by atoms with Gasteiger partial charge in [-0.05, 0) is 63.5 Å². The number of benzene rings is 1. The number of hydrogen-bond acceptors (Lipinski definition) is 7. The van der Waals surface area contributed by atoms with E-state index in [4.69, 9.17) is 9.47 Å². The molecule has 6 atom stereocenters. The number of carbonyl (C=O) groups is 5. The highest BCUT2D eigenvalue weighted by atomic mass is 16.6. The van der Waals surface area contributed by atoms with Gasteiger partial charge < -0.3 is 35.0 Å². The molecule has 48 heavy (non-hydrogen) atoms. The smallest absolute Gasteiger partial charge is 0.410 e. The number of carboxylic acid groups (broad SMARTS) is 1. The van der Waals surface area contributed by atoms with Crippen molar-refractivity contribution in [1.29, 1.82) is 0 Å². The Morgan fingerprint density at radius 3 is 2.52 bits per heavy atom. The Hall–Kier alpha value is -4.09. The van der Waals surface area contributed by atoms with E-state index >= 15 is 0 Å². The predicted octanol–water partition coefficient (Wildman–Crippen LogP) is 4.87. The molecule has 0 bridgehead atoms. The molecule has 262 valence electrons. The summed E-state index contributed by atoms with van der Waals surface area (Å²) in [7, 11) is 0. The van der Waals surface area contributed by atoms with Gasteiger partial charge in [0.15, 0.2) is 0 Å². The molecule has 1 aromatic rings. The minimum Gasteiger partial charge on any atom is -0.479 e. The largest absolute Gasteiger partial charge is 0.479 e. The number of nitrogens with one attached hydrogen (secondary N) is 2. The number of fused-ring (bicyclic) bond motifs is 3. The molecule has 1 unspecified atom stereocenters. The molecule has 0 aromatic heterocycles. The Morgan fingerprint density at radius 2 is 1.77 bits per heavy atom. The average Bonchev–Trinajstić information content (AvgIpc) is 3.55. The Labute approximate surface area is 282 Å². The van der Waals surface area contributed by atoms with Crippen molar-refractivity contribution in [3.8, 4) is 0 Å². The number of aliphatic carboxylic acids is 1. The second-order valence-corrected chi connectivity index (χ2v) is 14.8. The summed E-state index contributed by atoms with van der Waals surface area (Å²) in [5.41, 5.74) is -0.0233. The topological polar surface area (TPSA) is 155 Å². The first kappa shape index (κ1) is 35.2. The fourth-order valence-electron chi connectivity index (χ4n) is 7.16. The molecule has 12 nitrogen and oxygen atoms in total. The third-order valence-electron chi connectivity index (χ3n) is 9.78. The van der Waals surface area contributed by atoms with Crippen LogP contribution in [0.15, 0.2) is 36.4 Å². The maximum Gasteiger partial charge on any atom is 0.410 e. The van der Waals surface area contributed by atoms with Gasteiger partial charge in [0.2, 0.25) is 11.8 Å². The molecule has 1 aromatic carbocycles. The van der Waals surface area contributed by atoms with E-state index in [0.29, 0.717) is 25.9 Å². The van der Waals surface area contributed by atoms with Gasteiger partial charge in [0.25, 0.3) is 0 Å². The summed E-state index contributed by atoms with van der Waals surface area (Å²) in [5.74, 6) is -2.51. The van der Waals surface area contributed by atoms with Crippen LogP contribution in [0.4, 0.5) is 9.59 Å². The fourth-order valence-corrected chi connectivity index (χ4v) is 7.16. The maximum absolute atomic E-state index is 14.2. The highest BCUT2D eigenvalue weighted by Gasteiger charge is 2.61. The summed E-state index contributed by atoms with van der Waals surface area (Å²) in [4.78, 5) is 69.9. The van der Waals surface area contributed by atoms with Crippen LogP contribution in [0.5, 0.6) is 0 Å².